The molecule has 4 atom stereocenters. The first-order chi connectivity index (χ1) is 19.1. The van der Waals surface area contributed by atoms with Gasteiger partial charge in [0.15, 0.2) is 0 Å². The van der Waals surface area contributed by atoms with Crippen molar-refractivity contribution < 1.29 is 9.53 Å². The fourth-order valence-electron chi connectivity index (χ4n) is 6.56. The smallest absolute Gasteiger partial charge is 0.411 e. The number of carbonyl (C=O) groups excluding carboxylic acids is 1. The summed E-state index contributed by atoms with van der Waals surface area (Å²) in [5.74, 6) is 0.857. The Labute approximate surface area is 235 Å². The van der Waals surface area contributed by atoms with E-state index < -0.39 is 5.60 Å². The molecule has 0 saturated carbocycles. The van der Waals surface area contributed by atoms with Gasteiger partial charge in [0.1, 0.15) is 17.5 Å². The van der Waals surface area contributed by atoms with Crippen molar-refractivity contribution in [2.75, 3.05) is 29.9 Å². The number of hydrogen-bond donors (Lipinski definition) is 1. The number of nitrogens with zero attached hydrogens (tertiary/aromatic N) is 6. The van der Waals surface area contributed by atoms with Gasteiger partial charge in [0.25, 0.3) is 0 Å². The largest absolute Gasteiger partial charge is 0.444 e. The monoisotopic (exact) mass is 539 g/mol. The van der Waals surface area contributed by atoms with Crippen LogP contribution in [-0.2, 0) is 11.3 Å². The number of aromatic nitrogens is 2. The minimum atomic E-state index is -0.531. The Morgan fingerprint density at radius 2 is 1.95 bits per heavy atom. The molecule has 1 aromatic carbocycles. The highest BCUT2D eigenvalue weighted by Crippen LogP contribution is 2.36. The predicted octanol–water partition coefficient (Wildman–Crippen LogP) is 5.08. The van der Waals surface area contributed by atoms with Gasteiger partial charge in [-0.3, -0.25) is 14.8 Å². The SMILES string of the molecule is CC1c2ccc(N[C@@H]3C[C@H]4CN(c5ccc(C#N)c6ncccc56)C[C@@H](C)N4C3)nc2CN1C(=O)OC(C)(C)C. The van der Waals surface area contributed by atoms with Crippen molar-refractivity contribution in [3.8, 4) is 6.07 Å². The van der Waals surface area contributed by atoms with Gasteiger partial charge in [-0.15, -0.1) is 0 Å². The summed E-state index contributed by atoms with van der Waals surface area (Å²) >= 11 is 0. The minimum Gasteiger partial charge on any atom is -0.444 e. The van der Waals surface area contributed by atoms with E-state index in [0.717, 1.165) is 59.7 Å². The molecule has 3 aliphatic rings. The maximum Gasteiger partial charge on any atom is 0.411 e. The molecule has 9 heteroatoms. The van der Waals surface area contributed by atoms with E-state index in [9.17, 15) is 10.1 Å². The molecule has 1 amide bonds. The van der Waals surface area contributed by atoms with Crippen molar-refractivity contribution >= 4 is 28.5 Å². The summed E-state index contributed by atoms with van der Waals surface area (Å²) in [5, 5.41) is 14.3. The van der Waals surface area contributed by atoms with Crippen LogP contribution in [0.2, 0.25) is 0 Å². The molecule has 0 spiro atoms. The first kappa shape index (κ1) is 26.3. The van der Waals surface area contributed by atoms with Gasteiger partial charge in [-0.05, 0) is 76.9 Å². The number of anilines is 2. The molecule has 3 aliphatic heterocycles. The summed E-state index contributed by atoms with van der Waals surface area (Å²) < 4.78 is 5.62. The average molecular weight is 540 g/mol. The normalized spacial score (nSPS) is 24.5. The van der Waals surface area contributed by atoms with Gasteiger partial charge in [0, 0.05) is 55.0 Å². The minimum absolute atomic E-state index is 0.0628. The number of hydrogen-bond acceptors (Lipinski definition) is 8. The molecule has 2 saturated heterocycles. The zero-order valence-corrected chi connectivity index (χ0v) is 23.9. The van der Waals surface area contributed by atoms with E-state index >= 15 is 0 Å². The van der Waals surface area contributed by atoms with Crippen LogP contribution in [0.5, 0.6) is 0 Å². The van der Waals surface area contributed by atoms with Crippen molar-refractivity contribution in [3.05, 3.63) is 59.4 Å². The highest BCUT2D eigenvalue weighted by atomic mass is 16.6. The second-order valence-corrected chi connectivity index (χ2v) is 12.3. The van der Waals surface area contributed by atoms with Crippen LogP contribution in [0.25, 0.3) is 10.9 Å². The zero-order chi connectivity index (χ0) is 28.2. The fraction of sp³-hybridized carbons (Fsp3) is 0.484. The summed E-state index contributed by atoms with van der Waals surface area (Å²) in [6.45, 7) is 13.3. The maximum atomic E-state index is 12.7. The van der Waals surface area contributed by atoms with Gasteiger partial charge in [-0.25, -0.2) is 9.78 Å². The number of fused-ring (bicyclic) bond motifs is 3. The summed E-state index contributed by atoms with van der Waals surface area (Å²) in [5.41, 5.74) is 4.01. The molecule has 1 unspecified atom stereocenters. The molecule has 208 valence electrons. The number of nitriles is 1. The van der Waals surface area contributed by atoms with E-state index in [1.807, 2.05) is 45.9 Å². The summed E-state index contributed by atoms with van der Waals surface area (Å²) in [6.07, 6.45) is 2.47. The Bertz CT molecular complexity index is 1490. The van der Waals surface area contributed by atoms with Crippen LogP contribution in [-0.4, -0.2) is 69.2 Å². The van der Waals surface area contributed by atoms with E-state index in [2.05, 4.69) is 51.3 Å². The summed E-state index contributed by atoms with van der Waals surface area (Å²) in [6, 6.07) is 15.4. The zero-order valence-electron chi connectivity index (χ0n) is 23.9. The lowest BCUT2D eigenvalue weighted by atomic mass is 10.0. The first-order valence-electron chi connectivity index (χ1n) is 14.2. The number of ether oxygens (including phenoxy) is 1. The molecule has 5 heterocycles. The van der Waals surface area contributed by atoms with Crippen LogP contribution in [0.4, 0.5) is 16.3 Å². The lowest BCUT2D eigenvalue weighted by Crippen LogP contribution is -2.55. The number of carbonyl (C=O) groups is 1. The molecule has 0 radical (unpaired) electrons. The van der Waals surface area contributed by atoms with Crippen LogP contribution in [0.3, 0.4) is 0 Å². The molecular formula is C31H37N7O2. The van der Waals surface area contributed by atoms with Crippen LogP contribution in [0, 0.1) is 11.3 Å². The molecule has 9 nitrogen and oxygen atoms in total. The van der Waals surface area contributed by atoms with E-state index in [1.165, 1.54) is 0 Å². The van der Waals surface area contributed by atoms with Gasteiger partial charge in [-0.1, -0.05) is 6.07 Å². The number of rotatable bonds is 3. The van der Waals surface area contributed by atoms with Gasteiger partial charge < -0.3 is 15.0 Å². The molecule has 40 heavy (non-hydrogen) atoms. The van der Waals surface area contributed by atoms with Gasteiger partial charge in [0.2, 0.25) is 0 Å². The average Bonchev–Trinajstić information content (AvgIpc) is 3.47. The maximum absolute atomic E-state index is 12.7. The molecule has 2 fully saturated rings. The lowest BCUT2D eigenvalue weighted by Gasteiger charge is -2.43. The Morgan fingerprint density at radius 3 is 2.73 bits per heavy atom. The van der Waals surface area contributed by atoms with Gasteiger partial charge in [-0.2, -0.15) is 5.26 Å². The highest BCUT2D eigenvalue weighted by Gasteiger charge is 2.41. The third-order valence-electron chi connectivity index (χ3n) is 8.37. The topological polar surface area (TPSA) is 97.6 Å². The van der Waals surface area contributed by atoms with E-state index in [0.29, 0.717) is 24.2 Å². The van der Waals surface area contributed by atoms with Crippen LogP contribution in [0.1, 0.15) is 63.9 Å². The third kappa shape index (κ3) is 4.81. The molecule has 0 aliphatic carbocycles. The van der Waals surface area contributed by atoms with Crippen LogP contribution >= 0.6 is 0 Å². The predicted molar refractivity (Wildman–Crippen MR) is 155 cm³/mol. The van der Waals surface area contributed by atoms with Crippen molar-refractivity contribution in [1.82, 2.24) is 19.8 Å². The Kier molecular flexibility index (Phi) is 6.54. The molecule has 3 aromatic rings. The van der Waals surface area contributed by atoms with Crippen molar-refractivity contribution in [2.45, 2.75) is 77.4 Å². The molecule has 6 rings (SSSR count). The van der Waals surface area contributed by atoms with Crippen LogP contribution < -0.4 is 10.2 Å². The lowest BCUT2D eigenvalue weighted by molar-refractivity contribution is 0.0186. The highest BCUT2D eigenvalue weighted by molar-refractivity contribution is 5.95. The standard InChI is InChI=1S/C31H37N7O2/c1-19-15-36(27-10-8-21(14-32)29-25(27)7-6-12-33-29)17-23-13-22(16-37(19)23)34-28-11-9-24-20(2)38(18-26(24)35-28)30(39)40-31(3,4)5/h6-12,19-20,22-23H,13,15-18H2,1-5H3,(H,34,35)/t19-,20?,22-,23+/m1/s1. The number of pyridine rings is 2. The first-order valence-corrected chi connectivity index (χ1v) is 14.2. The number of benzene rings is 1. The van der Waals surface area contributed by atoms with Crippen molar-refractivity contribution in [2.24, 2.45) is 0 Å². The quantitative estimate of drug-likeness (QED) is 0.492. The van der Waals surface area contributed by atoms with Crippen LogP contribution in [0.15, 0.2) is 42.6 Å². The van der Waals surface area contributed by atoms with E-state index in [4.69, 9.17) is 9.72 Å². The number of piperazine rings is 1. The molecular weight excluding hydrogens is 502 g/mol. The van der Waals surface area contributed by atoms with E-state index in [-0.39, 0.29) is 18.2 Å². The van der Waals surface area contributed by atoms with Crippen molar-refractivity contribution in [3.63, 3.8) is 0 Å². The summed E-state index contributed by atoms with van der Waals surface area (Å²) in [7, 11) is 0. The number of nitrogens with one attached hydrogen (secondary N) is 1. The van der Waals surface area contributed by atoms with Crippen molar-refractivity contribution in [1.29, 1.82) is 5.26 Å². The molecule has 0 bridgehead atoms. The second kappa shape index (κ2) is 9.93. The Hall–Kier alpha value is -3.90. The Balaban J connectivity index is 1.14. The van der Waals surface area contributed by atoms with Gasteiger partial charge >= 0.3 is 6.09 Å². The molecule has 2 aromatic heterocycles. The Morgan fingerprint density at radius 1 is 1.12 bits per heavy atom. The van der Waals surface area contributed by atoms with Gasteiger partial charge in [0.05, 0.1) is 29.4 Å². The summed E-state index contributed by atoms with van der Waals surface area (Å²) in [4.78, 5) is 29.0. The number of amides is 1. The molecule has 1 N–H and O–H groups in total. The van der Waals surface area contributed by atoms with E-state index in [1.54, 1.807) is 11.1 Å². The third-order valence-corrected chi connectivity index (χ3v) is 8.37. The fourth-order valence-corrected chi connectivity index (χ4v) is 6.56. The second-order valence-electron chi connectivity index (χ2n) is 12.3.